The van der Waals surface area contributed by atoms with E-state index in [1.165, 1.54) is 6.92 Å². The molecule has 0 bridgehead atoms. The molecule has 1 atom stereocenters. The van der Waals surface area contributed by atoms with Crippen molar-refractivity contribution in [2.75, 3.05) is 5.75 Å². The summed E-state index contributed by atoms with van der Waals surface area (Å²) < 4.78 is 23.5. The molecule has 1 rings (SSSR count). The Kier molecular flexibility index (Phi) is 4.13. The first-order valence-corrected chi connectivity index (χ1v) is 7.06. The molecule has 0 saturated heterocycles. The van der Waals surface area contributed by atoms with E-state index >= 15 is 0 Å². The zero-order chi connectivity index (χ0) is 11.5. The highest BCUT2D eigenvalue weighted by Crippen LogP contribution is 2.27. The fourth-order valence-electron chi connectivity index (χ4n) is 2.04. The monoisotopic (exact) mass is 234 g/mol. The van der Waals surface area contributed by atoms with Gasteiger partial charge in [-0.05, 0) is 25.7 Å². The summed E-state index contributed by atoms with van der Waals surface area (Å²) in [5, 5.41) is 7.79. The van der Waals surface area contributed by atoms with E-state index in [-0.39, 0.29) is 18.1 Å². The smallest absolute Gasteiger partial charge is 0.304 e. The Morgan fingerprint density at radius 2 is 1.93 bits per heavy atom. The molecule has 0 amide bonds. The van der Waals surface area contributed by atoms with Gasteiger partial charge in [0.2, 0.25) is 0 Å². The van der Waals surface area contributed by atoms with Crippen molar-refractivity contribution in [2.45, 2.75) is 44.3 Å². The van der Waals surface area contributed by atoms with Crippen LogP contribution in [0.2, 0.25) is 0 Å². The van der Waals surface area contributed by atoms with Gasteiger partial charge in [-0.3, -0.25) is 4.79 Å². The van der Waals surface area contributed by atoms with E-state index in [1.54, 1.807) is 0 Å². The van der Waals surface area contributed by atoms with Crippen molar-refractivity contribution in [3.63, 3.8) is 0 Å². The fourth-order valence-corrected chi connectivity index (χ4v) is 3.76. The summed E-state index contributed by atoms with van der Waals surface area (Å²) in [7, 11) is -3.22. The molecule has 4 nitrogen and oxygen atoms in total. The van der Waals surface area contributed by atoms with Crippen LogP contribution in [0.15, 0.2) is 0 Å². The van der Waals surface area contributed by atoms with Crippen LogP contribution >= 0.6 is 0 Å². The minimum Gasteiger partial charge on any atom is -0.481 e. The molecule has 1 aliphatic carbocycles. The van der Waals surface area contributed by atoms with Gasteiger partial charge in [-0.2, -0.15) is 0 Å². The SMILES string of the molecule is CC(CC(=O)O)S(=O)(=O)CC1CCCC1. The Morgan fingerprint density at radius 1 is 1.40 bits per heavy atom. The van der Waals surface area contributed by atoms with E-state index < -0.39 is 21.1 Å². The van der Waals surface area contributed by atoms with Gasteiger partial charge in [0, 0.05) is 0 Å². The molecule has 0 spiro atoms. The number of carbonyl (C=O) groups is 1. The molecule has 15 heavy (non-hydrogen) atoms. The van der Waals surface area contributed by atoms with Gasteiger partial charge in [-0.15, -0.1) is 0 Å². The zero-order valence-corrected chi connectivity index (χ0v) is 9.79. The Bertz CT molecular complexity index is 314. The first kappa shape index (κ1) is 12.5. The van der Waals surface area contributed by atoms with Crippen molar-refractivity contribution in [2.24, 2.45) is 5.92 Å². The fraction of sp³-hybridized carbons (Fsp3) is 0.900. The maximum atomic E-state index is 11.8. The maximum absolute atomic E-state index is 11.8. The van der Waals surface area contributed by atoms with Crippen LogP contribution in [0, 0.1) is 5.92 Å². The standard InChI is InChI=1S/C10H18O4S/c1-8(6-10(11)12)15(13,14)7-9-4-2-3-5-9/h8-9H,2-7H2,1H3,(H,11,12). The van der Waals surface area contributed by atoms with Gasteiger partial charge in [0.05, 0.1) is 17.4 Å². The third-order valence-electron chi connectivity index (χ3n) is 3.02. The number of sulfone groups is 1. The van der Waals surface area contributed by atoms with Gasteiger partial charge in [0.15, 0.2) is 9.84 Å². The van der Waals surface area contributed by atoms with Crippen molar-refractivity contribution < 1.29 is 18.3 Å². The average molecular weight is 234 g/mol. The van der Waals surface area contributed by atoms with Crippen LogP contribution in [-0.2, 0) is 14.6 Å². The average Bonchev–Trinajstić information content (AvgIpc) is 2.54. The molecule has 0 aromatic heterocycles. The second kappa shape index (κ2) is 4.96. The zero-order valence-electron chi connectivity index (χ0n) is 8.98. The summed E-state index contributed by atoms with van der Waals surface area (Å²) in [5.74, 6) is -0.620. The highest BCUT2D eigenvalue weighted by molar-refractivity contribution is 7.92. The van der Waals surface area contributed by atoms with E-state index in [0.717, 1.165) is 25.7 Å². The molecule has 1 saturated carbocycles. The van der Waals surface area contributed by atoms with Crippen LogP contribution in [0.25, 0.3) is 0 Å². The summed E-state index contributed by atoms with van der Waals surface area (Å²) in [4.78, 5) is 10.4. The molecule has 0 heterocycles. The van der Waals surface area contributed by atoms with Crippen LogP contribution in [0.3, 0.4) is 0 Å². The van der Waals surface area contributed by atoms with Gasteiger partial charge >= 0.3 is 5.97 Å². The Morgan fingerprint density at radius 3 is 2.40 bits per heavy atom. The molecule has 0 radical (unpaired) electrons. The molecule has 88 valence electrons. The van der Waals surface area contributed by atoms with Crippen molar-refractivity contribution in [1.29, 1.82) is 0 Å². The predicted octanol–water partition coefficient (Wildman–Crippen LogP) is 1.45. The van der Waals surface area contributed by atoms with E-state index in [4.69, 9.17) is 5.11 Å². The van der Waals surface area contributed by atoms with Gasteiger partial charge in [-0.1, -0.05) is 12.8 Å². The second-order valence-corrected chi connectivity index (χ2v) is 6.85. The van der Waals surface area contributed by atoms with Crippen LogP contribution < -0.4 is 0 Å². The van der Waals surface area contributed by atoms with Gasteiger partial charge in [-0.25, -0.2) is 8.42 Å². The number of hydrogen-bond acceptors (Lipinski definition) is 3. The van der Waals surface area contributed by atoms with Crippen molar-refractivity contribution in [3.8, 4) is 0 Å². The maximum Gasteiger partial charge on any atom is 0.304 e. The lowest BCUT2D eigenvalue weighted by Crippen LogP contribution is -2.26. The highest BCUT2D eigenvalue weighted by atomic mass is 32.2. The minimum absolute atomic E-state index is 0.168. The molecular weight excluding hydrogens is 216 g/mol. The number of carboxylic acids is 1. The molecule has 1 unspecified atom stereocenters. The molecular formula is C10H18O4S. The van der Waals surface area contributed by atoms with Gasteiger partial charge < -0.3 is 5.11 Å². The molecule has 0 aliphatic heterocycles. The van der Waals surface area contributed by atoms with Crippen molar-refractivity contribution >= 4 is 15.8 Å². The highest BCUT2D eigenvalue weighted by Gasteiger charge is 2.28. The molecule has 0 aromatic carbocycles. The van der Waals surface area contributed by atoms with E-state index in [9.17, 15) is 13.2 Å². The lowest BCUT2D eigenvalue weighted by molar-refractivity contribution is -0.136. The number of carboxylic acid groups (broad SMARTS) is 1. The molecule has 5 heteroatoms. The third kappa shape index (κ3) is 3.81. The Hall–Kier alpha value is -0.580. The van der Waals surface area contributed by atoms with Crippen LogP contribution in [0.1, 0.15) is 39.0 Å². The summed E-state index contributed by atoms with van der Waals surface area (Å²) in [6.07, 6.45) is 3.87. The normalized spacial score (nSPS) is 20.3. The van der Waals surface area contributed by atoms with Gasteiger partial charge in [0.1, 0.15) is 0 Å². The largest absolute Gasteiger partial charge is 0.481 e. The van der Waals surface area contributed by atoms with E-state index in [2.05, 4.69) is 0 Å². The quantitative estimate of drug-likeness (QED) is 0.781. The second-order valence-electron chi connectivity index (χ2n) is 4.39. The van der Waals surface area contributed by atoms with Gasteiger partial charge in [0.25, 0.3) is 0 Å². The number of hydrogen-bond donors (Lipinski definition) is 1. The molecule has 0 aromatic rings. The first-order valence-electron chi connectivity index (χ1n) is 5.35. The summed E-state index contributed by atoms with van der Waals surface area (Å²) in [5.41, 5.74) is 0. The summed E-state index contributed by atoms with van der Waals surface area (Å²) in [6.45, 7) is 1.48. The van der Waals surface area contributed by atoms with E-state index in [0.29, 0.717) is 0 Å². The summed E-state index contributed by atoms with van der Waals surface area (Å²) in [6, 6.07) is 0. The summed E-state index contributed by atoms with van der Waals surface area (Å²) >= 11 is 0. The topological polar surface area (TPSA) is 71.4 Å². The van der Waals surface area contributed by atoms with Crippen LogP contribution in [0.5, 0.6) is 0 Å². The number of rotatable bonds is 5. The lowest BCUT2D eigenvalue weighted by atomic mass is 10.1. The van der Waals surface area contributed by atoms with E-state index in [1.807, 2.05) is 0 Å². The minimum atomic E-state index is -3.22. The Labute approximate surface area is 90.6 Å². The van der Waals surface area contributed by atoms with Crippen molar-refractivity contribution in [1.82, 2.24) is 0 Å². The Balaban J connectivity index is 2.53. The first-order chi connectivity index (χ1) is 6.92. The molecule has 1 N–H and O–H groups in total. The molecule has 1 aliphatic rings. The lowest BCUT2D eigenvalue weighted by Gasteiger charge is -2.14. The predicted molar refractivity (Wildman–Crippen MR) is 57.5 cm³/mol. The molecule has 1 fully saturated rings. The number of aliphatic carboxylic acids is 1. The van der Waals surface area contributed by atoms with Crippen LogP contribution in [0.4, 0.5) is 0 Å². The van der Waals surface area contributed by atoms with Crippen LogP contribution in [-0.4, -0.2) is 30.5 Å². The third-order valence-corrected chi connectivity index (χ3v) is 5.35. The van der Waals surface area contributed by atoms with Crippen molar-refractivity contribution in [3.05, 3.63) is 0 Å².